The molecular formula is C20H20BrNO3S. The summed E-state index contributed by atoms with van der Waals surface area (Å²) in [7, 11) is -3.63. The van der Waals surface area contributed by atoms with E-state index in [1.165, 1.54) is 4.31 Å². The average Bonchev–Trinajstić information content (AvgIpc) is 3.07. The van der Waals surface area contributed by atoms with E-state index in [-0.39, 0.29) is 29.7 Å². The third-order valence-electron chi connectivity index (χ3n) is 4.76. The van der Waals surface area contributed by atoms with Crippen LogP contribution in [0, 0.1) is 18.8 Å². The molecule has 0 amide bonds. The number of hydrogen-bond acceptors (Lipinski definition) is 3. The first-order chi connectivity index (χ1) is 12.3. The maximum atomic E-state index is 12.9. The molecule has 1 saturated heterocycles. The highest BCUT2D eigenvalue weighted by molar-refractivity contribution is 9.10. The molecule has 0 aliphatic carbocycles. The number of aryl methyl sites for hydroxylation is 1. The van der Waals surface area contributed by atoms with E-state index in [2.05, 4.69) is 22.5 Å². The zero-order chi connectivity index (χ0) is 18.9. The summed E-state index contributed by atoms with van der Waals surface area (Å²) in [5.41, 5.74) is 1.58. The maximum absolute atomic E-state index is 12.9. The Balaban J connectivity index is 1.86. The van der Waals surface area contributed by atoms with Gasteiger partial charge in [-0.15, -0.1) is 6.58 Å². The quantitative estimate of drug-likeness (QED) is 0.527. The zero-order valence-electron chi connectivity index (χ0n) is 14.4. The topological polar surface area (TPSA) is 54.5 Å². The van der Waals surface area contributed by atoms with Crippen molar-refractivity contribution in [1.29, 1.82) is 0 Å². The molecule has 3 rings (SSSR count). The van der Waals surface area contributed by atoms with Crippen molar-refractivity contribution < 1.29 is 13.2 Å². The second-order valence-corrected chi connectivity index (χ2v) is 9.37. The third-order valence-corrected chi connectivity index (χ3v) is 7.13. The summed E-state index contributed by atoms with van der Waals surface area (Å²) in [5.74, 6) is -0.677. The highest BCUT2D eigenvalue weighted by Gasteiger charge is 2.41. The van der Waals surface area contributed by atoms with E-state index >= 15 is 0 Å². The molecule has 1 aliphatic heterocycles. The number of rotatable bonds is 5. The van der Waals surface area contributed by atoms with Gasteiger partial charge in [-0.1, -0.05) is 51.8 Å². The van der Waals surface area contributed by atoms with Gasteiger partial charge in [0, 0.05) is 35.0 Å². The predicted molar refractivity (Wildman–Crippen MR) is 106 cm³/mol. The SMILES string of the molecule is C=C[C@H]1CN(S(=O)(=O)c2ccc(C)cc2)C[C@H]1C(=O)c1ccc(Br)cc1. The highest BCUT2D eigenvalue weighted by Crippen LogP contribution is 2.32. The van der Waals surface area contributed by atoms with Crippen molar-refractivity contribution in [2.75, 3.05) is 13.1 Å². The zero-order valence-corrected chi connectivity index (χ0v) is 16.8. The molecule has 0 unspecified atom stereocenters. The fraction of sp³-hybridized carbons (Fsp3) is 0.250. The molecule has 2 aromatic rings. The molecule has 1 aliphatic rings. The van der Waals surface area contributed by atoms with Gasteiger partial charge in [0.2, 0.25) is 10.0 Å². The fourth-order valence-electron chi connectivity index (χ4n) is 3.19. The smallest absolute Gasteiger partial charge is 0.243 e. The molecule has 1 fully saturated rings. The molecule has 1 heterocycles. The maximum Gasteiger partial charge on any atom is 0.243 e. The van der Waals surface area contributed by atoms with Crippen LogP contribution in [0.2, 0.25) is 0 Å². The summed E-state index contributed by atoms with van der Waals surface area (Å²) in [6.45, 7) is 6.15. The van der Waals surface area contributed by atoms with Crippen LogP contribution in [0.1, 0.15) is 15.9 Å². The minimum atomic E-state index is -3.63. The van der Waals surface area contributed by atoms with E-state index in [0.717, 1.165) is 10.0 Å². The monoisotopic (exact) mass is 433 g/mol. The Bertz CT molecular complexity index is 921. The molecule has 6 heteroatoms. The number of hydrogen-bond donors (Lipinski definition) is 0. The third kappa shape index (κ3) is 3.68. The summed E-state index contributed by atoms with van der Waals surface area (Å²) in [6.07, 6.45) is 1.69. The van der Waals surface area contributed by atoms with E-state index in [4.69, 9.17) is 0 Å². The molecule has 136 valence electrons. The van der Waals surface area contributed by atoms with Gasteiger partial charge in [-0.3, -0.25) is 4.79 Å². The largest absolute Gasteiger partial charge is 0.294 e. The van der Waals surface area contributed by atoms with E-state index < -0.39 is 15.9 Å². The minimum Gasteiger partial charge on any atom is -0.294 e. The van der Waals surface area contributed by atoms with Crippen LogP contribution in [0.15, 0.2) is 70.6 Å². The molecule has 2 atom stereocenters. The van der Waals surface area contributed by atoms with Crippen LogP contribution in [-0.2, 0) is 10.0 Å². The van der Waals surface area contributed by atoms with E-state index in [1.54, 1.807) is 42.5 Å². The molecular weight excluding hydrogens is 414 g/mol. The van der Waals surface area contributed by atoms with Crippen molar-refractivity contribution in [3.8, 4) is 0 Å². The summed E-state index contributed by atoms with van der Waals surface area (Å²) >= 11 is 3.36. The van der Waals surface area contributed by atoms with Crippen LogP contribution in [0.5, 0.6) is 0 Å². The Morgan fingerprint density at radius 3 is 2.31 bits per heavy atom. The number of Topliss-reactive ketones (excluding diaryl/α,β-unsaturated/α-hetero) is 1. The summed E-state index contributed by atoms with van der Waals surface area (Å²) in [5, 5.41) is 0. The number of sulfonamides is 1. The van der Waals surface area contributed by atoms with Crippen molar-refractivity contribution >= 4 is 31.7 Å². The average molecular weight is 434 g/mol. The lowest BCUT2D eigenvalue weighted by Crippen LogP contribution is -2.30. The molecule has 0 saturated carbocycles. The van der Waals surface area contributed by atoms with Gasteiger partial charge in [0.15, 0.2) is 5.78 Å². The first-order valence-electron chi connectivity index (χ1n) is 8.32. The van der Waals surface area contributed by atoms with Gasteiger partial charge in [0.1, 0.15) is 0 Å². The van der Waals surface area contributed by atoms with Crippen LogP contribution in [0.3, 0.4) is 0 Å². The Labute approximate surface area is 162 Å². The number of halogens is 1. The molecule has 0 radical (unpaired) electrons. The van der Waals surface area contributed by atoms with E-state index in [0.29, 0.717) is 5.56 Å². The van der Waals surface area contributed by atoms with Gasteiger partial charge in [0.05, 0.1) is 4.90 Å². The van der Waals surface area contributed by atoms with E-state index in [1.807, 2.05) is 19.1 Å². The number of nitrogens with zero attached hydrogens (tertiary/aromatic N) is 1. The Morgan fingerprint density at radius 1 is 1.12 bits per heavy atom. The summed E-state index contributed by atoms with van der Waals surface area (Å²) < 4.78 is 28.1. The number of ketones is 1. The van der Waals surface area contributed by atoms with Crippen molar-refractivity contribution in [1.82, 2.24) is 4.31 Å². The Morgan fingerprint density at radius 2 is 1.73 bits per heavy atom. The molecule has 4 nitrogen and oxygen atoms in total. The van der Waals surface area contributed by atoms with Crippen molar-refractivity contribution in [3.05, 3.63) is 76.8 Å². The number of carbonyl (C=O) groups excluding carboxylic acids is 1. The highest BCUT2D eigenvalue weighted by atomic mass is 79.9. The lowest BCUT2D eigenvalue weighted by Gasteiger charge is -2.16. The van der Waals surface area contributed by atoms with Gasteiger partial charge < -0.3 is 0 Å². The van der Waals surface area contributed by atoms with Crippen LogP contribution in [-0.4, -0.2) is 31.6 Å². The van der Waals surface area contributed by atoms with Crippen LogP contribution in [0.25, 0.3) is 0 Å². The first-order valence-corrected chi connectivity index (χ1v) is 10.6. The van der Waals surface area contributed by atoms with Crippen LogP contribution < -0.4 is 0 Å². The molecule has 26 heavy (non-hydrogen) atoms. The van der Waals surface area contributed by atoms with Crippen molar-refractivity contribution in [3.63, 3.8) is 0 Å². The molecule has 2 aromatic carbocycles. The van der Waals surface area contributed by atoms with Crippen molar-refractivity contribution in [2.45, 2.75) is 11.8 Å². The van der Waals surface area contributed by atoms with Crippen LogP contribution in [0.4, 0.5) is 0 Å². The van der Waals surface area contributed by atoms with Gasteiger partial charge >= 0.3 is 0 Å². The van der Waals surface area contributed by atoms with Gasteiger partial charge in [-0.2, -0.15) is 4.31 Å². The molecule has 0 aromatic heterocycles. The fourth-order valence-corrected chi connectivity index (χ4v) is 4.96. The summed E-state index contributed by atoms with van der Waals surface area (Å²) in [4.78, 5) is 13.1. The lowest BCUT2D eigenvalue weighted by atomic mass is 9.88. The molecule has 0 spiro atoms. The number of carbonyl (C=O) groups is 1. The molecule has 0 bridgehead atoms. The van der Waals surface area contributed by atoms with Crippen LogP contribution >= 0.6 is 15.9 Å². The van der Waals surface area contributed by atoms with Crippen molar-refractivity contribution in [2.24, 2.45) is 11.8 Å². The van der Waals surface area contributed by atoms with Gasteiger partial charge in [-0.25, -0.2) is 8.42 Å². The second kappa shape index (κ2) is 7.47. The predicted octanol–water partition coefficient (Wildman–Crippen LogP) is 4.06. The van der Waals surface area contributed by atoms with Gasteiger partial charge in [0.25, 0.3) is 0 Å². The number of benzene rings is 2. The van der Waals surface area contributed by atoms with E-state index in [9.17, 15) is 13.2 Å². The summed E-state index contributed by atoms with van der Waals surface area (Å²) in [6, 6.07) is 13.9. The molecule has 0 N–H and O–H groups in total. The minimum absolute atomic E-state index is 0.0518. The lowest BCUT2D eigenvalue weighted by molar-refractivity contribution is 0.0912. The van der Waals surface area contributed by atoms with Gasteiger partial charge in [-0.05, 0) is 31.2 Å². The first kappa shape index (κ1) is 19.0. The standard InChI is InChI=1S/C20H20BrNO3S/c1-3-15-12-22(26(24,25)18-10-4-14(2)5-11-18)13-19(15)20(23)16-6-8-17(21)9-7-16/h3-11,15,19H,1,12-13H2,2H3/t15-,19+/m0/s1. The Hall–Kier alpha value is -1.76. The Kier molecular flexibility index (Phi) is 5.46. The normalized spacial score (nSPS) is 20.8. The second-order valence-electron chi connectivity index (χ2n) is 6.51.